The fourth-order valence-electron chi connectivity index (χ4n) is 3.41. The molecule has 176 valence electrons. The molecule has 2 aromatic carbocycles. The van der Waals surface area contributed by atoms with Crippen LogP contribution in [0.25, 0.3) is 17.1 Å². The summed E-state index contributed by atoms with van der Waals surface area (Å²) < 4.78 is 23.8. The van der Waals surface area contributed by atoms with Crippen LogP contribution in [0.15, 0.2) is 46.9 Å². The highest BCUT2D eigenvalue weighted by Crippen LogP contribution is 2.33. The molecule has 4 rings (SSSR count). The van der Waals surface area contributed by atoms with Crippen molar-refractivity contribution < 1.29 is 23.4 Å². The monoisotopic (exact) mass is 462 g/mol. The van der Waals surface area contributed by atoms with Crippen molar-refractivity contribution in [2.75, 3.05) is 13.7 Å². The molecule has 0 spiro atoms. The normalized spacial score (nSPS) is 10.9. The van der Waals surface area contributed by atoms with Crippen molar-refractivity contribution >= 4 is 5.97 Å². The van der Waals surface area contributed by atoms with Crippen molar-refractivity contribution in [3.8, 4) is 28.6 Å². The molecule has 0 aliphatic carbocycles. The van der Waals surface area contributed by atoms with Crippen molar-refractivity contribution in [3.05, 3.63) is 70.9 Å². The maximum atomic E-state index is 12.7. The van der Waals surface area contributed by atoms with Crippen LogP contribution in [0.3, 0.4) is 0 Å². The van der Waals surface area contributed by atoms with E-state index in [1.165, 1.54) is 0 Å². The average Bonchev–Trinajstić information content (AvgIpc) is 3.41. The van der Waals surface area contributed by atoms with Crippen LogP contribution in [0.1, 0.15) is 40.1 Å². The molecular formula is C25H26N4O5. The molecule has 0 atom stereocenters. The summed E-state index contributed by atoms with van der Waals surface area (Å²) in [7, 11) is 1.57. The van der Waals surface area contributed by atoms with Gasteiger partial charge in [-0.15, -0.1) is 5.10 Å². The molecular weight excluding hydrogens is 436 g/mol. The number of carbonyl (C=O) groups is 1. The van der Waals surface area contributed by atoms with Gasteiger partial charge in [0.05, 0.1) is 25.1 Å². The Labute approximate surface area is 197 Å². The van der Waals surface area contributed by atoms with E-state index >= 15 is 0 Å². The molecule has 4 aromatic rings. The fourth-order valence-corrected chi connectivity index (χ4v) is 3.41. The second-order valence-electron chi connectivity index (χ2n) is 7.67. The first-order valence-electron chi connectivity index (χ1n) is 10.8. The number of aromatic nitrogens is 4. The SMILES string of the molecule is CCOc1ccc(-c2nc(COC(=O)c3nnn(-c4ccc(C)cc4)c3C)c(C)o2)cc1OC. The van der Waals surface area contributed by atoms with Crippen LogP contribution in [0.4, 0.5) is 0 Å². The number of oxazole rings is 1. The number of carbonyl (C=O) groups excluding carboxylic acids is 1. The number of benzene rings is 2. The molecule has 2 aromatic heterocycles. The average molecular weight is 463 g/mol. The van der Waals surface area contributed by atoms with Gasteiger partial charge in [0.25, 0.3) is 0 Å². The number of ether oxygens (including phenoxy) is 3. The summed E-state index contributed by atoms with van der Waals surface area (Å²) in [5.74, 6) is 1.58. The van der Waals surface area contributed by atoms with Crippen LogP contribution < -0.4 is 9.47 Å². The number of rotatable bonds is 8. The molecule has 9 nitrogen and oxygen atoms in total. The summed E-state index contributed by atoms with van der Waals surface area (Å²) in [4.78, 5) is 17.2. The molecule has 0 fully saturated rings. The molecule has 0 amide bonds. The zero-order chi connectivity index (χ0) is 24.2. The highest BCUT2D eigenvalue weighted by atomic mass is 16.5. The van der Waals surface area contributed by atoms with Crippen molar-refractivity contribution in [2.24, 2.45) is 0 Å². The maximum Gasteiger partial charge on any atom is 0.361 e. The van der Waals surface area contributed by atoms with Gasteiger partial charge >= 0.3 is 5.97 Å². The van der Waals surface area contributed by atoms with E-state index in [4.69, 9.17) is 18.6 Å². The summed E-state index contributed by atoms with van der Waals surface area (Å²) >= 11 is 0. The van der Waals surface area contributed by atoms with Gasteiger partial charge in [0.15, 0.2) is 17.2 Å². The van der Waals surface area contributed by atoms with E-state index in [0.717, 1.165) is 16.8 Å². The van der Waals surface area contributed by atoms with Crippen molar-refractivity contribution in [1.82, 2.24) is 20.0 Å². The Balaban J connectivity index is 1.48. The van der Waals surface area contributed by atoms with Crippen LogP contribution in [0.5, 0.6) is 11.5 Å². The Kier molecular flexibility index (Phi) is 6.62. The van der Waals surface area contributed by atoms with Gasteiger partial charge in [0.2, 0.25) is 5.89 Å². The van der Waals surface area contributed by atoms with Gasteiger partial charge in [-0.05, 0) is 58.0 Å². The maximum absolute atomic E-state index is 12.7. The number of methoxy groups -OCH3 is 1. The molecule has 0 bridgehead atoms. The van der Waals surface area contributed by atoms with Crippen LogP contribution in [0, 0.1) is 20.8 Å². The van der Waals surface area contributed by atoms with Crippen LogP contribution in [-0.2, 0) is 11.3 Å². The van der Waals surface area contributed by atoms with E-state index in [0.29, 0.717) is 41.1 Å². The molecule has 0 saturated carbocycles. The third-order valence-corrected chi connectivity index (χ3v) is 5.31. The number of esters is 1. The first-order valence-corrected chi connectivity index (χ1v) is 10.8. The van der Waals surface area contributed by atoms with Crippen molar-refractivity contribution in [2.45, 2.75) is 34.3 Å². The first-order chi connectivity index (χ1) is 16.4. The molecule has 2 heterocycles. The molecule has 0 unspecified atom stereocenters. The van der Waals surface area contributed by atoms with Crippen LogP contribution in [-0.4, -0.2) is 39.7 Å². The summed E-state index contributed by atoms with van der Waals surface area (Å²) in [6.07, 6.45) is 0. The minimum Gasteiger partial charge on any atom is -0.493 e. The fraction of sp³-hybridized carbons (Fsp3) is 0.280. The van der Waals surface area contributed by atoms with Crippen molar-refractivity contribution in [3.63, 3.8) is 0 Å². The Bertz CT molecular complexity index is 1310. The van der Waals surface area contributed by atoms with E-state index in [-0.39, 0.29) is 12.3 Å². The second kappa shape index (κ2) is 9.78. The van der Waals surface area contributed by atoms with E-state index in [9.17, 15) is 4.79 Å². The molecule has 0 aliphatic heterocycles. The van der Waals surface area contributed by atoms with Gasteiger partial charge < -0.3 is 18.6 Å². The predicted molar refractivity (Wildman–Crippen MR) is 124 cm³/mol. The van der Waals surface area contributed by atoms with Gasteiger partial charge in [0.1, 0.15) is 18.1 Å². The van der Waals surface area contributed by atoms with E-state index in [2.05, 4.69) is 15.3 Å². The third kappa shape index (κ3) is 4.63. The smallest absolute Gasteiger partial charge is 0.361 e. The lowest BCUT2D eigenvalue weighted by molar-refractivity contribution is 0.0459. The van der Waals surface area contributed by atoms with Gasteiger partial charge in [-0.3, -0.25) is 0 Å². The lowest BCUT2D eigenvalue weighted by atomic mass is 10.2. The quantitative estimate of drug-likeness (QED) is 0.350. The molecule has 0 N–H and O–H groups in total. The minimum atomic E-state index is -0.581. The van der Waals surface area contributed by atoms with Gasteiger partial charge in [-0.1, -0.05) is 22.9 Å². The van der Waals surface area contributed by atoms with Gasteiger partial charge in [-0.2, -0.15) is 0 Å². The zero-order valence-electron chi connectivity index (χ0n) is 19.8. The van der Waals surface area contributed by atoms with Crippen LogP contribution >= 0.6 is 0 Å². The largest absolute Gasteiger partial charge is 0.493 e. The Hall–Kier alpha value is -4.14. The zero-order valence-corrected chi connectivity index (χ0v) is 19.8. The summed E-state index contributed by atoms with van der Waals surface area (Å²) in [6.45, 7) is 7.92. The Morgan fingerprint density at radius 3 is 2.53 bits per heavy atom. The van der Waals surface area contributed by atoms with E-state index in [1.54, 1.807) is 37.8 Å². The van der Waals surface area contributed by atoms with Crippen LogP contribution in [0.2, 0.25) is 0 Å². The molecule has 0 saturated heterocycles. The summed E-state index contributed by atoms with van der Waals surface area (Å²) in [6, 6.07) is 13.2. The van der Waals surface area contributed by atoms with E-state index < -0.39 is 5.97 Å². The third-order valence-electron chi connectivity index (χ3n) is 5.31. The minimum absolute atomic E-state index is 0.0564. The number of aryl methyl sites for hydroxylation is 2. The van der Waals surface area contributed by atoms with Gasteiger partial charge in [-0.25, -0.2) is 14.5 Å². The lowest BCUT2D eigenvalue weighted by Gasteiger charge is -2.09. The number of nitrogens with zero attached hydrogens (tertiary/aromatic N) is 4. The highest BCUT2D eigenvalue weighted by Gasteiger charge is 2.21. The topological polar surface area (TPSA) is 102 Å². The first kappa shape index (κ1) is 23.0. The summed E-state index contributed by atoms with van der Waals surface area (Å²) in [5.41, 5.74) is 3.92. The predicted octanol–water partition coefficient (Wildman–Crippen LogP) is 4.61. The number of hydrogen-bond acceptors (Lipinski definition) is 8. The second-order valence-corrected chi connectivity index (χ2v) is 7.67. The lowest BCUT2D eigenvalue weighted by Crippen LogP contribution is -2.09. The Morgan fingerprint density at radius 2 is 1.82 bits per heavy atom. The van der Waals surface area contributed by atoms with E-state index in [1.807, 2.05) is 44.2 Å². The molecule has 0 aliphatic rings. The molecule has 34 heavy (non-hydrogen) atoms. The number of hydrogen-bond donors (Lipinski definition) is 0. The molecule has 0 radical (unpaired) electrons. The Morgan fingerprint density at radius 1 is 1.06 bits per heavy atom. The standard InChI is InChI=1S/C25H26N4O5/c1-6-32-21-12-9-18(13-22(21)31-5)24-26-20(17(4)34-24)14-33-25(30)23-16(3)29(28-27-23)19-10-7-15(2)8-11-19/h7-13H,6,14H2,1-5H3. The summed E-state index contributed by atoms with van der Waals surface area (Å²) in [5, 5.41) is 8.11. The highest BCUT2D eigenvalue weighted by molar-refractivity contribution is 5.88. The van der Waals surface area contributed by atoms with Crippen molar-refractivity contribution in [1.29, 1.82) is 0 Å². The molecule has 9 heteroatoms. The van der Waals surface area contributed by atoms with Gasteiger partial charge in [0, 0.05) is 5.56 Å².